The summed E-state index contributed by atoms with van der Waals surface area (Å²) >= 11 is 6.49. The molecule has 1 aromatic carbocycles. The van der Waals surface area contributed by atoms with Crippen LogP contribution in [-0.4, -0.2) is 22.7 Å². The summed E-state index contributed by atoms with van der Waals surface area (Å²) in [4.78, 5) is 27.7. The SMILES string of the molecule is CC1CCOC1C(Cl)c1ccc2[nH]c(=O)c(=O)[nH]c2c1. The van der Waals surface area contributed by atoms with Crippen LogP contribution in [0.1, 0.15) is 24.3 Å². The van der Waals surface area contributed by atoms with Crippen molar-refractivity contribution in [1.29, 1.82) is 0 Å². The quantitative estimate of drug-likeness (QED) is 0.656. The normalized spacial score (nSPS) is 24.1. The van der Waals surface area contributed by atoms with Gasteiger partial charge in [-0.25, -0.2) is 0 Å². The molecule has 2 heterocycles. The summed E-state index contributed by atoms with van der Waals surface area (Å²) < 4.78 is 5.67. The molecule has 0 amide bonds. The van der Waals surface area contributed by atoms with Gasteiger partial charge in [0.2, 0.25) is 0 Å². The van der Waals surface area contributed by atoms with Gasteiger partial charge < -0.3 is 14.7 Å². The van der Waals surface area contributed by atoms with Crippen molar-refractivity contribution in [3.8, 4) is 0 Å². The highest BCUT2D eigenvalue weighted by atomic mass is 35.5. The molecule has 3 unspecified atom stereocenters. The van der Waals surface area contributed by atoms with E-state index < -0.39 is 11.1 Å². The first-order chi connectivity index (χ1) is 9.56. The van der Waals surface area contributed by atoms with Crippen molar-refractivity contribution < 1.29 is 4.74 Å². The summed E-state index contributed by atoms with van der Waals surface area (Å²) in [6, 6.07) is 5.39. The second-order valence-electron chi connectivity index (χ2n) is 5.22. The van der Waals surface area contributed by atoms with Gasteiger partial charge in [0.15, 0.2) is 0 Å². The lowest BCUT2D eigenvalue weighted by molar-refractivity contribution is 0.0904. The Kier molecular flexibility index (Phi) is 3.40. The van der Waals surface area contributed by atoms with Crippen molar-refractivity contribution in [2.75, 3.05) is 6.61 Å². The number of nitrogens with one attached hydrogen (secondary N) is 2. The molecule has 1 fully saturated rings. The van der Waals surface area contributed by atoms with E-state index in [-0.39, 0.29) is 11.5 Å². The van der Waals surface area contributed by atoms with Crippen molar-refractivity contribution in [2.24, 2.45) is 5.92 Å². The zero-order valence-electron chi connectivity index (χ0n) is 11.0. The van der Waals surface area contributed by atoms with Crippen molar-refractivity contribution in [3.63, 3.8) is 0 Å². The van der Waals surface area contributed by atoms with E-state index in [0.29, 0.717) is 17.0 Å². The van der Waals surface area contributed by atoms with Gasteiger partial charge in [0.1, 0.15) is 0 Å². The highest BCUT2D eigenvalue weighted by Crippen LogP contribution is 2.36. The molecular weight excluding hydrogens is 280 g/mol. The molecular formula is C14H15ClN2O3. The van der Waals surface area contributed by atoms with E-state index >= 15 is 0 Å². The van der Waals surface area contributed by atoms with E-state index in [4.69, 9.17) is 16.3 Å². The molecule has 1 aromatic heterocycles. The molecule has 0 radical (unpaired) electrons. The average Bonchev–Trinajstić information content (AvgIpc) is 2.85. The summed E-state index contributed by atoms with van der Waals surface area (Å²) in [6.45, 7) is 2.85. The van der Waals surface area contributed by atoms with Crippen molar-refractivity contribution in [1.82, 2.24) is 9.97 Å². The Hall–Kier alpha value is -1.59. The van der Waals surface area contributed by atoms with Crippen LogP contribution in [-0.2, 0) is 4.74 Å². The van der Waals surface area contributed by atoms with Gasteiger partial charge in [-0.1, -0.05) is 13.0 Å². The Balaban J connectivity index is 2.02. The average molecular weight is 295 g/mol. The number of halogens is 1. The summed E-state index contributed by atoms with van der Waals surface area (Å²) in [5.74, 6) is 0.405. The molecule has 1 aliphatic heterocycles. The van der Waals surface area contributed by atoms with Gasteiger partial charge in [-0.3, -0.25) is 9.59 Å². The third kappa shape index (κ3) is 2.27. The molecule has 106 valence electrons. The molecule has 3 atom stereocenters. The number of aromatic nitrogens is 2. The van der Waals surface area contributed by atoms with Crippen molar-refractivity contribution >= 4 is 22.6 Å². The zero-order chi connectivity index (χ0) is 14.3. The molecule has 2 N–H and O–H groups in total. The number of alkyl halides is 1. The molecule has 0 spiro atoms. The van der Waals surface area contributed by atoms with Crippen LogP contribution in [0.25, 0.3) is 11.0 Å². The van der Waals surface area contributed by atoms with Crippen molar-refractivity contribution in [3.05, 3.63) is 44.5 Å². The lowest BCUT2D eigenvalue weighted by Gasteiger charge is -2.21. The number of hydrogen-bond donors (Lipinski definition) is 2. The zero-order valence-corrected chi connectivity index (χ0v) is 11.7. The highest BCUT2D eigenvalue weighted by molar-refractivity contribution is 6.21. The summed E-state index contributed by atoms with van der Waals surface area (Å²) in [5.41, 5.74) is 0.721. The Morgan fingerprint density at radius 2 is 1.95 bits per heavy atom. The van der Waals surface area contributed by atoms with Crippen LogP contribution in [0, 0.1) is 5.92 Å². The predicted octanol–water partition coefficient (Wildman–Crippen LogP) is 1.92. The standard InChI is InChI=1S/C14H15ClN2O3/c1-7-4-5-20-12(7)11(15)8-2-3-9-10(6-8)17-14(19)13(18)16-9/h2-3,6-7,11-12H,4-5H2,1H3,(H,16,18)(H,17,19). The van der Waals surface area contributed by atoms with Crippen LogP contribution >= 0.6 is 11.6 Å². The first-order valence-corrected chi connectivity index (χ1v) is 7.02. The molecule has 0 bridgehead atoms. The van der Waals surface area contributed by atoms with Crippen LogP contribution in [0.5, 0.6) is 0 Å². The highest BCUT2D eigenvalue weighted by Gasteiger charge is 2.31. The molecule has 5 nitrogen and oxygen atoms in total. The van der Waals surface area contributed by atoms with Gasteiger partial charge in [-0.15, -0.1) is 11.6 Å². The van der Waals surface area contributed by atoms with Gasteiger partial charge in [-0.2, -0.15) is 0 Å². The minimum atomic E-state index is -0.661. The maximum Gasteiger partial charge on any atom is 0.314 e. The second kappa shape index (κ2) is 5.07. The number of H-pyrrole nitrogens is 2. The minimum Gasteiger partial charge on any atom is -0.376 e. The van der Waals surface area contributed by atoms with E-state index in [0.717, 1.165) is 18.6 Å². The number of fused-ring (bicyclic) bond motifs is 1. The lowest BCUT2D eigenvalue weighted by atomic mass is 9.97. The summed E-state index contributed by atoms with van der Waals surface area (Å²) in [7, 11) is 0. The van der Waals surface area contributed by atoms with Crippen LogP contribution in [0.2, 0.25) is 0 Å². The second-order valence-corrected chi connectivity index (χ2v) is 5.69. The number of benzene rings is 1. The van der Waals surface area contributed by atoms with Crippen LogP contribution in [0.3, 0.4) is 0 Å². The first-order valence-electron chi connectivity index (χ1n) is 6.58. The number of rotatable bonds is 2. The monoisotopic (exact) mass is 294 g/mol. The van der Waals surface area contributed by atoms with Crippen molar-refractivity contribution in [2.45, 2.75) is 24.8 Å². The number of ether oxygens (including phenoxy) is 1. The third-order valence-electron chi connectivity index (χ3n) is 3.80. The Labute approximate surface area is 119 Å². The smallest absolute Gasteiger partial charge is 0.314 e. The molecule has 20 heavy (non-hydrogen) atoms. The van der Waals surface area contributed by atoms with E-state index in [2.05, 4.69) is 16.9 Å². The summed E-state index contributed by atoms with van der Waals surface area (Å²) in [6.07, 6.45) is 0.981. The Bertz CT molecular complexity index is 752. The molecule has 0 aliphatic carbocycles. The molecule has 0 saturated carbocycles. The largest absolute Gasteiger partial charge is 0.376 e. The van der Waals surface area contributed by atoms with E-state index in [1.165, 1.54) is 0 Å². The fourth-order valence-electron chi connectivity index (χ4n) is 2.59. The van der Waals surface area contributed by atoms with Gasteiger partial charge in [0, 0.05) is 6.61 Å². The first kappa shape index (κ1) is 13.4. The van der Waals surface area contributed by atoms with Gasteiger partial charge in [-0.05, 0) is 30.0 Å². The van der Waals surface area contributed by atoms with E-state index in [9.17, 15) is 9.59 Å². The van der Waals surface area contributed by atoms with Crippen LogP contribution in [0.4, 0.5) is 0 Å². The minimum absolute atomic E-state index is 0.0244. The molecule has 6 heteroatoms. The van der Waals surface area contributed by atoms with E-state index in [1.807, 2.05) is 6.07 Å². The Morgan fingerprint density at radius 1 is 1.25 bits per heavy atom. The molecule has 3 rings (SSSR count). The van der Waals surface area contributed by atoms with Gasteiger partial charge >= 0.3 is 11.1 Å². The van der Waals surface area contributed by atoms with Gasteiger partial charge in [0.25, 0.3) is 0 Å². The topological polar surface area (TPSA) is 75.0 Å². The summed E-state index contributed by atoms with van der Waals surface area (Å²) in [5, 5.41) is -0.271. The lowest BCUT2D eigenvalue weighted by Crippen LogP contribution is -2.29. The maximum absolute atomic E-state index is 11.4. The number of hydrogen-bond acceptors (Lipinski definition) is 3. The molecule has 2 aromatic rings. The number of aromatic amines is 2. The molecule has 1 saturated heterocycles. The molecule has 1 aliphatic rings. The van der Waals surface area contributed by atoms with Crippen LogP contribution in [0.15, 0.2) is 27.8 Å². The van der Waals surface area contributed by atoms with Gasteiger partial charge in [0.05, 0.1) is 22.5 Å². The third-order valence-corrected chi connectivity index (χ3v) is 4.30. The fourth-order valence-corrected chi connectivity index (χ4v) is 3.04. The Morgan fingerprint density at radius 3 is 2.60 bits per heavy atom. The predicted molar refractivity (Wildman–Crippen MR) is 77.3 cm³/mol. The fraction of sp³-hybridized carbons (Fsp3) is 0.429. The maximum atomic E-state index is 11.4. The van der Waals surface area contributed by atoms with Crippen LogP contribution < -0.4 is 11.1 Å². The van der Waals surface area contributed by atoms with E-state index in [1.54, 1.807) is 12.1 Å².